The normalized spacial score (nSPS) is 10.9. The topological polar surface area (TPSA) is 26.0 Å². The minimum absolute atomic E-state index is 0.513. The number of hydrogen-bond acceptors (Lipinski definition) is 1. The minimum Gasteiger partial charge on any atom is -0.398 e. The second-order valence-corrected chi connectivity index (χ2v) is 4.12. The van der Waals surface area contributed by atoms with E-state index in [-0.39, 0.29) is 0 Å². The average Bonchev–Trinajstić information content (AvgIpc) is 2.01. The van der Waals surface area contributed by atoms with E-state index in [0.717, 1.165) is 5.69 Å². The number of nitrogens with two attached hydrogens (primary N) is 1. The van der Waals surface area contributed by atoms with Crippen molar-refractivity contribution in [2.75, 3.05) is 5.73 Å². The fraction of sp³-hybridized carbons (Fsp3) is 0.500. The van der Waals surface area contributed by atoms with Gasteiger partial charge in [0.25, 0.3) is 0 Å². The SMILES string of the molecule is Cc1cc(C)c(N)c(C(C)C)c1C. The number of anilines is 1. The molecule has 0 radical (unpaired) electrons. The van der Waals surface area contributed by atoms with E-state index >= 15 is 0 Å². The lowest BCUT2D eigenvalue weighted by Crippen LogP contribution is -2.03. The van der Waals surface area contributed by atoms with Gasteiger partial charge in [0.2, 0.25) is 0 Å². The molecule has 72 valence electrons. The summed E-state index contributed by atoms with van der Waals surface area (Å²) in [4.78, 5) is 0. The molecule has 0 spiro atoms. The molecule has 1 nitrogen and oxygen atoms in total. The summed E-state index contributed by atoms with van der Waals surface area (Å²) in [5.74, 6) is 0.513. The van der Waals surface area contributed by atoms with Crippen LogP contribution in [-0.2, 0) is 0 Å². The molecule has 0 aliphatic rings. The van der Waals surface area contributed by atoms with Gasteiger partial charge in [-0.2, -0.15) is 0 Å². The summed E-state index contributed by atoms with van der Waals surface area (Å²) in [6.45, 7) is 10.8. The van der Waals surface area contributed by atoms with Crippen molar-refractivity contribution in [1.29, 1.82) is 0 Å². The van der Waals surface area contributed by atoms with Crippen LogP contribution in [0.5, 0.6) is 0 Å². The molecule has 1 rings (SSSR count). The Morgan fingerprint density at radius 2 is 1.62 bits per heavy atom. The molecule has 1 aromatic carbocycles. The highest BCUT2D eigenvalue weighted by atomic mass is 14.6. The van der Waals surface area contributed by atoms with Crippen molar-refractivity contribution in [2.24, 2.45) is 0 Å². The van der Waals surface area contributed by atoms with E-state index in [1.54, 1.807) is 0 Å². The van der Waals surface area contributed by atoms with E-state index in [1.165, 1.54) is 22.3 Å². The summed E-state index contributed by atoms with van der Waals surface area (Å²) < 4.78 is 0. The first kappa shape index (κ1) is 10.1. The third kappa shape index (κ3) is 1.69. The Hall–Kier alpha value is -0.980. The fourth-order valence-corrected chi connectivity index (χ4v) is 1.88. The molecule has 0 fully saturated rings. The predicted molar refractivity (Wildman–Crippen MR) is 59.2 cm³/mol. The van der Waals surface area contributed by atoms with Crippen molar-refractivity contribution in [3.8, 4) is 0 Å². The second kappa shape index (κ2) is 3.41. The molecule has 0 atom stereocenters. The smallest absolute Gasteiger partial charge is 0.0381 e. The maximum absolute atomic E-state index is 6.05. The van der Waals surface area contributed by atoms with Gasteiger partial charge in [0.05, 0.1) is 0 Å². The third-order valence-corrected chi connectivity index (χ3v) is 2.72. The van der Waals surface area contributed by atoms with Gasteiger partial charge in [-0.05, 0) is 48.9 Å². The van der Waals surface area contributed by atoms with E-state index in [1.807, 2.05) is 0 Å². The van der Waals surface area contributed by atoms with Crippen LogP contribution in [0.25, 0.3) is 0 Å². The molecule has 0 heterocycles. The van der Waals surface area contributed by atoms with E-state index in [0.29, 0.717) is 5.92 Å². The second-order valence-electron chi connectivity index (χ2n) is 4.12. The largest absolute Gasteiger partial charge is 0.398 e. The van der Waals surface area contributed by atoms with Gasteiger partial charge >= 0.3 is 0 Å². The predicted octanol–water partition coefficient (Wildman–Crippen LogP) is 3.32. The first-order valence-corrected chi connectivity index (χ1v) is 4.81. The highest BCUT2D eigenvalue weighted by Crippen LogP contribution is 2.30. The van der Waals surface area contributed by atoms with Gasteiger partial charge in [-0.1, -0.05) is 19.9 Å². The molecule has 0 amide bonds. The van der Waals surface area contributed by atoms with Gasteiger partial charge in [0, 0.05) is 5.69 Å². The number of benzene rings is 1. The highest BCUT2D eigenvalue weighted by molar-refractivity contribution is 5.60. The van der Waals surface area contributed by atoms with Crippen LogP contribution in [0.2, 0.25) is 0 Å². The number of nitrogen functional groups attached to an aromatic ring is 1. The molecular formula is C12H19N. The molecule has 0 unspecified atom stereocenters. The van der Waals surface area contributed by atoms with Crippen molar-refractivity contribution in [3.05, 3.63) is 28.3 Å². The molecule has 0 saturated heterocycles. The molecular weight excluding hydrogens is 158 g/mol. The summed E-state index contributed by atoms with van der Waals surface area (Å²) in [5.41, 5.74) is 12.2. The monoisotopic (exact) mass is 177 g/mol. The summed E-state index contributed by atoms with van der Waals surface area (Å²) >= 11 is 0. The molecule has 0 aliphatic carbocycles. The van der Waals surface area contributed by atoms with Crippen molar-refractivity contribution in [1.82, 2.24) is 0 Å². The standard InChI is InChI=1S/C12H19N/c1-7(2)11-10(5)8(3)6-9(4)12(11)13/h6-7H,13H2,1-5H3. The van der Waals surface area contributed by atoms with Crippen molar-refractivity contribution in [2.45, 2.75) is 40.5 Å². The third-order valence-electron chi connectivity index (χ3n) is 2.72. The molecule has 2 N–H and O–H groups in total. The quantitative estimate of drug-likeness (QED) is 0.654. The number of hydrogen-bond donors (Lipinski definition) is 1. The van der Waals surface area contributed by atoms with Crippen LogP contribution in [0.4, 0.5) is 5.69 Å². The Kier molecular flexibility index (Phi) is 2.65. The van der Waals surface area contributed by atoms with Crippen LogP contribution >= 0.6 is 0 Å². The van der Waals surface area contributed by atoms with E-state index in [4.69, 9.17) is 5.73 Å². The molecule has 0 bridgehead atoms. The molecule has 1 aromatic rings. The number of aryl methyl sites for hydroxylation is 2. The van der Waals surface area contributed by atoms with Gasteiger partial charge in [-0.15, -0.1) is 0 Å². The lowest BCUT2D eigenvalue weighted by molar-refractivity contribution is 0.855. The van der Waals surface area contributed by atoms with Crippen LogP contribution in [0.3, 0.4) is 0 Å². The van der Waals surface area contributed by atoms with E-state index < -0.39 is 0 Å². The Morgan fingerprint density at radius 1 is 1.08 bits per heavy atom. The molecule has 0 aromatic heterocycles. The minimum atomic E-state index is 0.513. The zero-order chi connectivity index (χ0) is 10.2. The van der Waals surface area contributed by atoms with Crippen molar-refractivity contribution >= 4 is 5.69 Å². The highest BCUT2D eigenvalue weighted by Gasteiger charge is 2.11. The Bertz CT molecular complexity index is 298. The van der Waals surface area contributed by atoms with Gasteiger partial charge in [0.15, 0.2) is 0 Å². The van der Waals surface area contributed by atoms with Gasteiger partial charge in [0.1, 0.15) is 0 Å². The Labute approximate surface area is 81.0 Å². The van der Waals surface area contributed by atoms with Crippen molar-refractivity contribution < 1.29 is 0 Å². The summed E-state index contributed by atoms with van der Waals surface area (Å²) in [6, 6.07) is 2.16. The van der Waals surface area contributed by atoms with Crippen LogP contribution in [0, 0.1) is 20.8 Å². The first-order chi connectivity index (χ1) is 5.95. The van der Waals surface area contributed by atoms with Crippen LogP contribution < -0.4 is 5.73 Å². The molecule has 13 heavy (non-hydrogen) atoms. The lowest BCUT2D eigenvalue weighted by atomic mass is 9.90. The van der Waals surface area contributed by atoms with Gasteiger partial charge in [-0.25, -0.2) is 0 Å². The summed E-state index contributed by atoms with van der Waals surface area (Å²) in [5, 5.41) is 0. The first-order valence-electron chi connectivity index (χ1n) is 4.81. The van der Waals surface area contributed by atoms with E-state index in [9.17, 15) is 0 Å². The summed E-state index contributed by atoms with van der Waals surface area (Å²) in [7, 11) is 0. The van der Waals surface area contributed by atoms with Crippen LogP contribution in [0.1, 0.15) is 42.0 Å². The Balaban J connectivity index is 3.46. The zero-order valence-corrected chi connectivity index (χ0v) is 9.23. The molecule has 1 heteroatoms. The Morgan fingerprint density at radius 3 is 2.08 bits per heavy atom. The summed E-state index contributed by atoms with van der Waals surface area (Å²) in [6.07, 6.45) is 0. The van der Waals surface area contributed by atoms with Gasteiger partial charge < -0.3 is 5.73 Å². The molecule has 0 saturated carbocycles. The zero-order valence-electron chi connectivity index (χ0n) is 9.23. The van der Waals surface area contributed by atoms with Crippen LogP contribution in [-0.4, -0.2) is 0 Å². The molecule has 0 aliphatic heterocycles. The van der Waals surface area contributed by atoms with Gasteiger partial charge in [-0.3, -0.25) is 0 Å². The van der Waals surface area contributed by atoms with Crippen molar-refractivity contribution in [3.63, 3.8) is 0 Å². The van der Waals surface area contributed by atoms with E-state index in [2.05, 4.69) is 40.7 Å². The fourth-order valence-electron chi connectivity index (χ4n) is 1.88. The maximum Gasteiger partial charge on any atom is 0.0381 e. The average molecular weight is 177 g/mol. The van der Waals surface area contributed by atoms with Crippen LogP contribution in [0.15, 0.2) is 6.07 Å². The lowest BCUT2D eigenvalue weighted by Gasteiger charge is -2.17. The number of rotatable bonds is 1. The maximum atomic E-state index is 6.05.